The summed E-state index contributed by atoms with van der Waals surface area (Å²) in [5.74, 6) is -2.21. The normalized spacial score (nSPS) is 20.3. The van der Waals surface area contributed by atoms with Gasteiger partial charge in [-0.2, -0.15) is 13.2 Å². The SMILES string of the molecule is CN(C(=O)CC(c1ccccc1)C(F)(F)F)C1CCNC1. The number of carbonyl (C=O) groups is 1. The fourth-order valence-corrected chi connectivity index (χ4v) is 2.60. The minimum atomic E-state index is -4.42. The molecule has 6 heteroatoms. The number of benzene rings is 1. The summed E-state index contributed by atoms with van der Waals surface area (Å²) in [6.45, 7) is 1.44. The van der Waals surface area contributed by atoms with Gasteiger partial charge in [0.25, 0.3) is 0 Å². The van der Waals surface area contributed by atoms with Gasteiger partial charge in [-0.05, 0) is 18.5 Å². The molecule has 1 aliphatic rings. The molecule has 3 nitrogen and oxygen atoms in total. The van der Waals surface area contributed by atoms with Crippen molar-refractivity contribution in [3.8, 4) is 0 Å². The molecule has 21 heavy (non-hydrogen) atoms. The number of carbonyl (C=O) groups excluding carboxylic acids is 1. The van der Waals surface area contributed by atoms with Gasteiger partial charge in [-0.1, -0.05) is 30.3 Å². The molecule has 0 spiro atoms. The average molecular weight is 300 g/mol. The van der Waals surface area contributed by atoms with E-state index >= 15 is 0 Å². The second-order valence-electron chi connectivity index (χ2n) is 5.36. The van der Waals surface area contributed by atoms with Crippen LogP contribution < -0.4 is 5.32 Å². The van der Waals surface area contributed by atoms with E-state index in [1.807, 2.05) is 0 Å². The van der Waals surface area contributed by atoms with E-state index in [0.29, 0.717) is 6.54 Å². The topological polar surface area (TPSA) is 32.3 Å². The molecule has 1 amide bonds. The molecule has 0 saturated carbocycles. The third-order valence-corrected chi connectivity index (χ3v) is 3.95. The quantitative estimate of drug-likeness (QED) is 0.927. The van der Waals surface area contributed by atoms with Gasteiger partial charge in [-0.15, -0.1) is 0 Å². The number of alkyl halides is 3. The molecular weight excluding hydrogens is 281 g/mol. The molecule has 0 aromatic heterocycles. The van der Waals surface area contributed by atoms with Crippen molar-refractivity contribution in [2.45, 2.75) is 31.0 Å². The van der Waals surface area contributed by atoms with Crippen molar-refractivity contribution in [2.75, 3.05) is 20.1 Å². The van der Waals surface area contributed by atoms with Gasteiger partial charge in [0.05, 0.1) is 5.92 Å². The third kappa shape index (κ3) is 3.97. The molecule has 1 aliphatic heterocycles. The fourth-order valence-electron chi connectivity index (χ4n) is 2.60. The van der Waals surface area contributed by atoms with Crippen LogP contribution in [0.25, 0.3) is 0 Å². The van der Waals surface area contributed by atoms with Crippen LogP contribution >= 0.6 is 0 Å². The van der Waals surface area contributed by atoms with Gasteiger partial charge in [-0.25, -0.2) is 0 Å². The molecule has 1 aromatic rings. The lowest BCUT2D eigenvalue weighted by atomic mass is 9.94. The lowest BCUT2D eigenvalue weighted by Crippen LogP contribution is -2.40. The molecule has 1 saturated heterocycles. The Morgan fingerprint density at radius 3 is 2.57 bits per heavy atom. The van der Waals surface area contributed by atoms with Crippen LogP contribution in [0.2, 0.25) is 0 Å². The largest absolute Gasteiger partial charge is 0.396 e. The Hall–Kier alpha value is -1.56. The van der Waals surface area contributed by atoms with Crippen LogP contribution in [0.3, 0.4) is 0 Å². The van der Waals surface area contributed by atoms with Crippen molar-refractivity contribution >= 4 is 5.91 Å². The lowest BCUT2D eigenvalue weighted by Gasteiger charge is -2.27. The Balaban J connectivity index is 2.10. The van der Waals surface area contributed by atoms with Crippen molar-refractivity contribution in [1.82, 2.24) is 10.2 Å². The lowest BCUT2D eigenvalue weighted by molar-refractivity contribution is -0.160. The maximum atomic E-state index is 13.2. The van der Waals surface area contributed by atoms with E-state index in [4.69, 9.17) is 0 Å². The zero-order valence-electron chi connectivity index (χ0n) is 11.9. The van der Waals surface area contributed by atoms with Gasteiger partial charge in [-0.3, -0.25) is 4.79 Å². The summed E-state index contributed by atoms with van der Waals surface area (Å²) in [7, 11) is 1.58. The van der Waals surface area contributed by atoms with Gasteiger partial charge in [0, 0.05) is 26.1 Å². The summed E-state index contributed by atoms with van der Waals surface area (Å²) < 4.78 is 39.7. The molecule has 116 valence electrons. The van der Waals surface area contributed by atoms with Crippen LogP contribution in [0.5, 0.6) is 0 Å². The summed E-state index contributed by atoms with van der Waals surface area (Å²) in [6, 6.07) is 7.61. The maximum absolute atomic E-state index is 13.2. The van der Waals surface area contributed by atoms with E-state index in [1.54, 1.807) is 25.2 Å². The molecule has 2 rings (SSSR count). The third-order valence-electron chi connectivity index (χ3n) is 3.95. The summed E-state index contributed by atoms with van der Waals surface area (Å²) in [4.78, 5) is 13.6. The first kappa shape index (κ1) is 15.8. The second kappa shape index (κ2) is 6.47. The van der Waals surface area contributed by atoms with Crippen LogP contribution in [0.15, 0.2) is 30.3 Å². The number of halogens is 3. The summed E-state index contributed by atoms with van der Waals surface area (Å²) in [6.07, 6.45) is -4.18. The highest BCUT2D eigenvalue weighted by Crippen LogP contribution is 2.37. The van der Waals surface area contributed by atoms with Gasteiger partial charge in [0.1, 0.15) is 0 Å². The molecule has 1 fully saturated rings. The second-order valence-corrected chi connectivity index (χ2v) is 5.36. The molecule has 2 atom stereocenters. The molecule has 0 radical (unpaired) electrons. The smallest absolute Gasteiger partial charge is 0.341 e. The number of nitrogens with zero attached hydrogens (tertiary/aromatic N) is 1. The number of amides is 1. The molecule has 0 bridgehead atoms. The Bertz CT molecular complexity index is 470. The predicted octanol–water partition coefficient (Wildman–Crippen LogP) is 2.54. The first-order chi connectivity index (χ1) is 9.89. The van der Waals surface area contributed by atoms with Crippen LogP contribution in [0.1, 0.15) is 24.3 Å². The zero-order valence-corrected chi connectivity index (χ0v) is 11.9. The molecule has 0 aliphatic carbocycles. The van der Waals surface area contributed by atoms with E-state index < -0.39 is 24.4 Å². The molecular formula is C15H19F3N2O. The number of hydrogen-bond donors (Lipinski definition) is 1. The number of likely N-dealkylation sites (N-methyl/N-ethyl adjacent to an activating group) is 1. The van der Waals surface area contributed by atoms with Crippen molar-refractivity contribution in [1.29, 1.82) is 0 Å². The van der Waals surface area contributed by atoms with Crippen LogP contribution in [0.4, 0.5) is 13.2 Å². The summed E-state index contributed by atoms with van der Waals surface area (Å²) >= 11 is 0. The van der Waals surface area contributed by atoms with Gasteiger partial charge in [0.2, 0.25) is 5.91 Å². The molecule has 1 heterocycles. The van der Waals surface area contributed by atoms with Crippen molar-refractivity contribution in [3.63, 3.8) is 0 Å². The average Bonchev–Trinajstić information content (AvgIpc) is 2.97. The highest BCUT2D eigenvalue weighted by Gasteiger charge is 2.42. The maximum Gasteiger partial charge on any atom is 0.396 e. The minimum Gasteiger partial charge on any atom is -0.341 e. The van der Waals surface area contributed by atoms with Crippen LogP contribution in [-0.2, 0) is 4.79 Å². The number of rotatable bonds is 4. The highest BCUT2D eigenvalue weighted by molar-refractivity contribution is 5.77. The molecule has 2 unspecified atom stereocenters. The Morgan fingerprint density at radius 1 is 1.38 bits per heavy atom. The minimum absolute atomic E-state index is 0.0119. The number of nitrogens with one attached hydrogen (secondary N) is 1. The molecule has 1 aromatic carbocycles. The van der Waals surface area contributed by atoms with Gasteiger partial charge < -0.3 is 10.2 Å². The Labute approximate surface area is 122 Å². The standard InChI is InChI=1S/C15H19F3N2O/c1-20(12-7-8-19-10-12)14(21)9-13(15(16,17)18)11-5-3-2-4-6-11/h2-6,12-13,19H,7-10H2,1H3. The van der Waals surface area contributed by atoms with Crippen molar-refractivity contribution in [2.24, 2.45) is 0 Å². The highest BCUT2D eigenvalue weighted by atomic mass is 19.4. The molecule has 1 N–H and O–H groups in total. The van der Waals surface area contributed by atoms with E-state index in [9.17, 15) is 18.0 Å². The zero-order chi connectivity index (χ0) is 15.5. The van der Waals surface area contributed by atoms with Crippen LogP contribution in [0, 0.1) is 0 Å². The van der Waals surface area contributed by atoms with E-state index in [2.05, 4.69) is 5.32 Å². The Kier molecular flexibility index (Phi) is 4.88. The van der Waals surface area contributed by atoms with Crippen LogP contribution in [-0.4, -0.2) is 43.2 Å². The van der Waals surface area contributed by atoms with Crippen molar-refractivity contribution < 1.29 is 18.0 Å². The summed E-state index contributed by atoms with van der Waals surface area (Å²) in [5.41, 5.74) is 0.135. The Morgan fingerprint density at radius 2 is 2.05 bits per heavy atom. The van der Waals surface area contributed by atoms with E-state index in [1.165, 1.54) is 17.0 Å². The monoisotopic (exact) mass is 300 g/mol. The number of hydrogen-bond acceptors (Lipinski definition) is 2. The van der Waals surface area contributed by atoms with Crippen molar-refractivity contribution in [3.05, 3.63) is 35.9 Å². The first-order valence-electron chi connectivity index (χ1n) is 6.97. The predicted molar refractivity (Wildman–Crippen MR) is 73.9 cm³/mol. The first-order valence-corrected chi connectivity index (χ1v) is 6.97. The van der Waals surface area contributed by atoms with Gasteiger partial charge in [0.15, 0.2) is 0 Å². The van der Waals surface area contributed by atoms with E-state index in [0.717, 1.165) is 13.0 Å². The summed E-state index contributed by atoms with van der Waals surface area (Å²) in [5, 5.41) is 3.11. The van der Waals surface area contributed by atoms with E-state index in [-0.39, 0.29) is 11.6 Å². The van der Waals surface area contributed by atoms with Gasteiger partial charge >= 0.3 is 6.18 Å². The fraction of sp³-hybridized carbons (Fsp3) is 0.533.